The van der Waals surface area contributed by atoms with Crippen LogP contribution in [0.4, 0.5) is 0 Å². The zero-order valence-corrected chi connectivity index (χ0v) is 15.2. The molecule has 1 fully saturated rings. The molecule has 1 nitrogen and oxygen atoms in total. The van der Waals surface area contributed by atoms with Crippen molar-refractivity contribution in [2.45, 2.75) is 43.6 Å². The summed E-state index contributed by atoms with van der Waals surface area (Å²) in [6, 6.07) is 22.0. The maximum absolute atomic E-state index is 2.72. The first kappa shape index (κ1) is 15.8. The molecule has 2 aromatic rings. The van der Waals surface area contributed by atoms with Crippen LogP contribution in [0.15, 0.2) is 60.7 Å². The first-order valence-electron chi connectivity index (χ1n) is 8.20. The van der Waals surface area contributed by atoms with Gasteiger partial charge in [0.1, 0.15) is 0 Å². The van der Waals surface area contributed by atoms with Crippen molar-refractivity contribution in [1.29, 1.82) is 0 Å². The molecule has 2 unspecified atom stereocenters. The van der Waals surface area contributed by atoms with Gasteiger partial charge in [0, 0.05) is 0 Å². The van der Waals surface area contributed by atoms with Crippen molar-refractivity contribution in [2.75, 3.05) is 6.54 Å². The molecule has 0 spiro atoms. The summed E-state index contributed by atoms with van der Waals surface area (Å²) >= 11 is 0.586. The van der Waals surface area contributed by atoms with Crippen LogP contribution in [-0.4, -0.2) is 31.9 Å². The summed E-state index contributed by atoms with van der Waals surface area (Å²) in [5.74, 6) is 0. The Kier molecular flexibility index (Phi) is 5.03. The third kappa shape index (κ3) is 3.63. The van der Waals surface area contributed by atoms with E-state index in [-0.39, 0.29) is 0 Å². The second-order valence-electron chi connectivity index (χ2n) is 6.47. The van der Waals surface area contributed by atoms with Crippen LogP contribution in [-0.2, 0) is 6.54 Å². The summed E-state index contributed by atoms with van der Waals surface area (Å²) < 4.78 is 1.54. The minimum atomic E-state index is 0.358. The third-order valence-electron chi connectivity index (χ3n) is 4.88. The van der Waals surface area contributed by atoms with E-state index in [1.165, 1.54) is 24.9 Å². The summed E-state index contributed by atoms with van der Waals surface area (Å²) in [5, 5.41) is 0. The zero-order chi connectivity index (χ0) is 15.4. The number of rotatable bonds is 5. The standard InChI is InChI=1S/C20H25NSe/c1-3-20(2)14-19(22-18-12-8-5-9-13-18)16-21(20)15-17-10-6-4-7-11-17/h4-13,19H,3,14-16H2,1-2H3. The average molecular weight is 358 g/mol. The van der Waals surface area contributed by atoms with E-state index in [2.05, 4.69) is 79.4 Å². The van der Waals surface area contributed by atoms with Crippen molar-refractivity contribution in [3.05, 3.63) is 66.2 Å². The molecular formula is C20H25NSe. The van der Waals surface area contributed by atoms with Gasteiger partial charge < -0.3 is 0 Å². The summed E-state index contributed by atoms with van der Waals surface area (Å²) in [6.07, 6.45) is 2.58. The third-order valence-corrected chi connectivity index (χ3v) is 7.38. The van der Waals surface area contributed by atoms with Crippen LogP contribution in [0.2, 0.25) is 4.82 Å². The van der Waals surface area contributed by atoms with E-state index in [1.54, 1.807) is 4.46 Å². The van der Waals surface area contributed by atoms with Crippen LogP contribution in [0.25, 0.3) is 0 Å². The molecular weight excluding hydrogens is 333 g/mol. The van der Waals surface area contributed by atoms with E-state index in [4.69, 9.17) is 0 Å². The summed E-state index contributed by atoms with van der Waals surface area (Å²) in [4.78, 5) is 3.56. The molecule has 0 aliphatic carbocycles. The van der Waals surface area contributed by atoms with Crippen LogP contribution in [0.3, 0.4) is 0 Å². The van der Waals surface area contributed by atoms with Gasteiger partial charge in [-0.3, -0.25) is 0 Å². The van der Waals surface area contributed by atoms with E-state index >= 15 is 0 Å². The first-order chi connectivity index (χ1) is 10.7. The number of nitrogens with zero attached hydrogens (tertiary/aromatic N) is 1. The van der Waals surface area contributed by atoms with Crippen molar-refractivity contribution in [1.82, 2.24) is 4.90 Å². The number of benzene rings is 2. The molecule has 0 saturated carbocycles. The van der Waals surface area contributed by atoms with E-state index in [1.807, 2.05) is 0 Å². The molecule has 1 aliphatic rings. The molecule has 2 atom stereocenters. The number of hydrogen-bond acceptors (Lipinski definition) is 1. The van der Waals surface area contributed by atoms with Gasteiger partial charge in [-0.25, -0.2) is 0 Å². The second-order valence-corrected chi connectivity index (χ2v) is 9.36. The van der Waals surface area contributed by atoms with Crippen molar-refractivity contribution in [3.8, 4) is 0 Å². The summed E-state index contributed by atoms with van der Waals surface area (Å²) in [6.45, 7) is 7.13. The fourth-order valence-corrected chi connectivity index (χ4v) is 6.28. The molecule has 0 bridgehead atoms. The molecule has 1 heterocycles. The molecule has 2 heteroatoms. The number of hydrogen-bond donors (Lipinski definition) is 0. The van der Waals surface area contributed by atoms with E-state index in [9.17, 15) is 0 Å². The Hall–Kier alpha value is -1.08. The fraction of sp³-hybridized carbons (Fsp3) is 0.400. The normalized spacial score (nSPS) is 25.5. The van der Waals surface area contributed by atoms with Gasteiger partial charge >= 0.3 is 141 Å². The van der Waals surface area contributed by atoms with Crippen molar-refractivity contribution in [2.24, 2.45) is 0 Å². The maximum atomic E-state index is 2.72. The molecule has 116 valence electrons. The predicted molar refractivity (Wildman–Crippen MR) is 95.7 cm³/mol. The predicted octanol–water partition coefficient (Wildman–Crippen LogP) is 3.88. The first-order valence-corrected chi connectivity index (χ1v) is 10.0. The van der Waals surface area contributed by atoms with Crippen LogP contribution < -0.4 is 4.46 Å². The quantitative estimate of drug-likeness (QED) is 0.734. The van der Waals surface area contributed by atoms with Gasteiger partial charge in [0.15, 0.2) is 0 Å². The molecule has 0 N–H and O–H groups in total. The Morgan fingerprint density at radius 2 is 1.68 bits per heavy atom. The molecule has 0 amide bonds. The van der Waals surface area contributed by atoms with Crippen molar-refractivity contribution in [3.63, 3.8) is 0 Å². The fourth-order valence-electron chi connectivity index (χ4n) is 3.35. The molecule has 3 rings (SSSR count). The van der Waals surface area contributed by atoms with E-state index in [0.29, 0.717) is 20.5 Å². The molecule has 0 aromatic heterocycles. The molecule has 1 saturated heterocycles. The Balaban J connectivity index is 1.70. The van der Waals surface area contributed by atoms with Gasteiger partial charge in [-0.1, -0.05) is 0 Å². The average Bonchev–Trinajstić information content (AvgIpc) is 2.86. The van der Waals surface area contributed by atoms with Gasteiger partial charge in [-0.15, -0.1) is 0 Å². The Morgan fingerprint density at radius 1 is 1.05 bits per heavy atom. The van der Waals surface area contributed by atoms with Crippen LogP contribution in [0.1, 0.15) is 32.3 Å². The molecule has 22 heavy (non-hydrogen) atoms. The van der Waals surface area contributed by atoms with E-state index in [0.717, 1.165) is 11.4 Å². The Morgan fingerprint density at radius 3 is 2.32 bits per heavy atom. The van der Waals surface area contributed by atoms with E-state index < -0.39 is 0 Å². The Labute approximate surface area is 140 Å². The van der Waals surface area contributed by atoms with Gasteiger partial charge in [0.25, 0.3) is 0 Å². The summed E-state index contributed by atoms with van der Waals surface area (Å²) in [5.41, 5.74) is 1.80. The van der Waals surface area contributed by atoms with Crippen LogP contribution in [0, 0.1) is 0 Å². The van der Waals surface area contributed by atoms with Gasteiger partial charge in [0.05, 0.1) is 0 Å². The molecule has 1 aliphatic heterocycles. The SMILES string of the molecule is CCC1(C)CC([Se]c2ccccc2)CN1Cc1ccccc1. The van der Waals surface area contributed by atoms with Crippen LogP contribution in [0.5, 0.6) is 0 Å². The van der Waals surface area contributed by atoms with Gasteiger partial charge in [-0.05, 0) is 0 Å². The van der Waals surface area contributed by atoms with Crippen molar-refractivity contribution >= 4 is 19.4 Å². The zero-order valence-electron chi connectivity index (χ0n) is 13.5. The molecule has 2 aromatic carbocycles. The molecule has 0 radical (unpaired) electrons. The van der Waals surface area contributed by atoms with Gasteiger partial charge in [-0.2, -0.15) is 0 Å². The summed E-state index contributed by atoms with van der Waals surface area (Å²) in [7, 11) is 0. The van der Waals surface area contributed by atoms with Gasteiger partial charge in [0.2, 0.25) is 0 Å². The Bertz CT molecular complexity index is 583. The number of likely N-dealkylation sites (tertiary alicyclic amines) is 1. The van der Waals surface area contributed by atoms with Crippen LogP contribution >= 0.6 is 0 Å². The second kappa shape index (κ2) is 7.00. The monoisotopic (exact) mass is 359 g/mol. The minimum absolute atomic E-state index is 0.358. The van der Waals surface area contributed by atoms with Crippen molar-refractivity contribution < 1.29 is 0 Å². The topological polar surface area (TPSA) is 3.24 Å².